The lowest BCUT2D eigenvalue weighted by Crippen LogP contribution is -2.22. The molecule has 0 radical (unpaired) electrons. The Morgan fingerprint density at radius 3 is 2.61 bits per heavy atom. The summed E-state index contributed by atoms with van der Waals surface area (Å²) in [5, 5.41) is 6.98. The number of aromatic nitrogens is 2. The minimum absolute atomic E-state index is 0.127. The Bertz CT molecular complexity index is 576. The normalized spacial score (nSPS) is 10.1. The lowest BCUT2D eigenvalue weighted by Gasteiger charge is -2.06. The average molecular weight is 245 g/mol. The lowest BCUT2D eigenvalue weighted by molar-refractivity contribution is 0.414. The third-order valence-electron chi connectivity index (χ3n) is 2.65. The summed E-state index contributed by atoms with van der Waals surface area (Å²) in [5.74, 6) is 0.796. The van der Waals surface area contributed by atoms with Gasteiger partial charge in [0.15, 0.2) is 0 Å². The van der Waals surface area contributed by atoms with Gasteiger partial charge in [-0.3, -0.25) is 4.79 Å². The molecular formula is C13H15N3O2. The van der Waals surface area contributed by atoms with E-state index in [9.17, 15) is 4.79 Å². The van der Waals surface area contributed by atoms with Crippen LogP contribution in [0.15, 0.2) is 41.3 Å². The van der Waals surface area contributed by atoms with E-state index in [-0.39, 0.29) is 5.56 Å². The largest absolute Gasteiger partial charge is 0.497 e. The van der Waals surface area contributed by atoms with Crippen molar-refractivity contribution in [1.29, 1.82) is 0 Å². The molecule has 1 N–H and O–H groups in total. The molecule has 1 heterocycles. The van der Waals surface area contributed by atoms with Crippen LogP contribution in [0.4, 0.5) is 5.69 Å². The fourth-order valence-electron chi connectivity index (χ4n) is 1.59. The molecular weight excluding hydrogens is 230 g/mol. The maximum atomic E-state index is 11.8. The maximum absolute atomic E-state index is 11.8. The molecule has 0 aliphatic rings. The number of ether oxygens (including phenoxy) is 1. The Morgan fingerprint density at radius 1 is 1.33 bits per heavy atom. The smallest absolute Gasteiger partial charge is 0.269 e. The van der Waals surface area contributed by atoms with Gasteiger partial charge in [-0.1, -0.05) is 12.1 Å². The molecule has 2 rings (SSSR count). The van der Waals surface area contributed by atoms with Gasteiger partial charge >= 0.3 is 0 Å². The molecule has 0 fully saturated rings. The molecule has 0 aliphatic heterocycles. The third-order valence-corrected chi connectivity index (χ3v) is 2.65. The zero-order valence-corrected chi connectivity index (χ0v) is 10.4. The monoisotopic (exact) mass is 245 g/mol. The second-order valence-electron chi connectivity index (χ2n) is 3.84. The number of anilines is 1. The second kappa shape index (κ2) is 5.35. The predicted octanol–water partition coefficient (Wildman–Crippen LogP) is 1.34. The van der Waals surface area contributed by atoms with E-state index < -0.39 is 0 Å². The predicted molar refractivity (Wildman–Crippen MR) is 70.1 cm³/mol. The number of rotatable bonds is 4. The number of nitrogens with zero attached hydrogens (tertiary/aromatic N) is 2. The number of benzene rings is 1. The van der Waals surface area contributed by atoms with Gasteiger partial charge in [-0.25, -0.2) is 4.68 Å². The molecule has 2 aromatic rings. The fourth-order valence-corrected chi connectivity index (χ4v) is 1.59. The van der Waals surface area contributed by atoms with E-state index >= 15 is 0 Å². The molecule has 0 bridgehead atoms. The first kappa shape index (κ1) is 12.2. The van der Waals surface area contributed by atoms with Gasteiger partial charge in [-0.2, -0.15) is 5.10 Å². The Balaban J connectivity index is 2.20. The Hall–Kier alpha value is -2.30. The van der Waals surface area contributed by atoms with Gasteiger partial charge in [0.05, 0.1) is 25.5 Å². The van der Waals surface area contributed by atoms with E-state index in [0.29, 0.717) is 12.2 Å². The van der Waals surface area contributed by atoms with Crippen molar-refractivity contribution in [2.24, 2.45) is 0 Å². The van der Waals surface area contributed by atoms with Gasteiger partial charge in [-0.05, 0) is 17.7 Å². The van der Waals surface area contributed by atoms with Crippen molar-refractivity contribution >= 4 is 5.69 Å². The van der Waals surface area contributed by atoms with Crippen LogP contribution in [0.25, 0.3) is 0 Å². The zero-order chi connectivity index (χ0) is 13.0. The standard InChI is InChI=1S/C13H15N3O2/c1-14-11-7-13(17)16(15-8-11)9-10-3-5-12(18-2)6-4-10/h3-8,14H,9H2,1-2H3. The topological polar surface area (TPSA) is 56.1 Å². The second-order valence-corrected chi connectivity index (χ2v) is 3.84. The van der Waals surface area contributed by atoms with Crippen LogP contribution in [0.2, 0.25) is 0 Å². The van der Waals surface area contributed by atoms with Gasteiger partial charge in [0.1, 0.15) is 5.75 Å². The Kier molecular flexibility index (Phi) is 3.62. The van der Waals surface area contributed by atoms with Gasteiger partial charge < -0.3 is 10.1 Å². The molecule has 0 amide bonds. The SMILES string of the molecule is CNc1cnn(Cc2ccc(OC)cc2)c(=O)c1. The van der Waals surface area contributed by atoms with E-state index in [1.54, 1.807) is 20.4 Å². The van der Waals surface area contributed by atoms with E-state index in [1.807, 2.05) is 24.3 Å². The van der Waals surface area contributed by atoms with Crippen LogP contribution < -0.4 is 15.6 Å². The Morgan fingerprint density at radius 2 is 2.06 bits per heavy atom. The van der Waals surface area contributed by atoms with Crippen molar-refractivity contribution in [2.75, 3.05) is 19.5 Å². The van der Waals surface area contributed by atoms with Crippen molar-refractivity contribution in [1.82, 2.24) is 9.78 Å². The van der Waals surface area contributed by atoms with Crippen LogP contribution >= 0.6 is 0 Å². The molecule has 94 valence electrons. The van der Waals surface area contributed by atoms with Crippen LogP contribution in [0.3, 0.4) is 0 Å². The molecule has 5 nitrogen and oxygen atoms in total. The van der Waals surface area contributed by atoms with Crippen LogP contribution in [0.1, 0.15) is 5.56 Å². The summed E-state index contributed by atoms with van der Waals surface area (Å²) in [7, 11) is 3.38. The van der Waals surface area contributed by atoms with Crippen molar-refractivity contribution < 1.29 is 4.74 Å². The molecule has 0 atom stereocenters. The molecule has 0 saturated heterocycles. The fraction of sp³-hybridized carbons (Fsp3) is 0.231. The van der Waals surface area contributed by atoms with Crippen LogP contribution in [0.5, 0.6) is 5.75 Å². The molecule has 0 aliphatic carbocycles. The highest BCUT2D eigenvalue weighted by molar-refractivity contribution is 5.37. The van der Waals surface area contributed by atoms with Crippen molar-refractivity contribution in [2.45, 2.75) is 6.54 Å². The van der Waals surface area contributed by atoms with E-state index in [1.165, 1.54) is 10.7 Å². The van der Waals surface area contributed by atoms with Crippen molar-refractivity contribution in [3.05, 3.63) is 52.4 Å². The number of nitrogens with one attached hydrogen (secondary N) is 1. The van der Waals surface area contributed by atoms with Crippen LogP contribution in [-0.2, 0) is 6.54 Å². The molecule has 1 aromatic heterocycles. The molecule has 18 heavy (non-hydrogen) atoms. The summed E-state index contributed by atoms with van der Waals surface area (Å²) in [6, 6.07) is 9.08. The minimum atomic E-state index is -0.127. The van der Waals surface area contributed by atoms with E-state index in [2.05, 4.69) is 10.4 Å². The molecule has 0 spiro atoms. The number of methoxy groups -OCH3 is 1. The highest BCUT2D eigenvalue weighted by Gasteiger charge is 2.01. The highest BCUT2D eigenvalue weighted by atomic mass is 16.5. The third kappa shape index (κ3) is 2.68. The lowest BCUT2D eigenvalue weighted by atomic mass is 10.2. The summed E-state index contributed by atoms with van der Waals surface area (Å²) < 4.78 is 6.50. The molecule has 0 saturated carbocycles. The van der Waals surface area contributed by atoms with Crippen molar-refractivity contribution in [3.63, 3.8) is 0 Å². The first-order valence-corrected chi connectivity index (χ1v) is 5.61. The molecule has 1 aromatic carbocycles. The van der Waals surface area contributed by atoms with Crippen LogP contribution in [-0.4, -0.2) is 23.9 Å². The number of hydrogen-bond donors (Lipinski definition) is 1. The first-order valence-electron chi connectivity index (χ1n) is 5.61. The van der Waals surface area contributed by atoms with Gasteiger partial charge in [-0.15, -0.1) is 0 Å². The van der Waals surface area contributed by atoms with E-state index in [0.717, 1.165) is 11.3 Å². The summed E-state index contributed by atoms with van der Waals surface area (Å²) in [5.41, 5.74) is 1.59. The molecule has 0 unspecified atom stereocenters. The summed E-state index contributed by atoms with van der Waals surface area (Å²) in [6.07, 6.45) is 1.63. The van der Waals surface area contributed by atoms with Crippen LogP contribution in [0, 0.1) is 0 Å². The highest BCUT2D eigenvalue weighted by Crippen LogP contribution is 2.11. The number of hydrogen-bond acceptors (Lipinski definition) is 4. The quantitative estimate of drug-likeness (QED) is 0.883. The van der Waals surface area contributed by atoms with E-state index in [4.69, 9.17) is 4.74 Å². The van der Waals surface area contributed by atoms with Gasteiger partial charge in [0.25, 0.3) is 5.56 Å². The zero-order valence-electron chi connectivity index (χ0n) is 10.4. The summed E-state index contributed by atoms with van der Waals surface area (Å²) in [4.78, 5) is 11.8. The minimum Gasteiger partial charge on any atom is -0.497 e. The Labute approximate surface area is 105 Å². The summed E-state index contributed by atoms with van der Waals surface area (Å²) in [6.45, 7) is 0.451. The first-order chi connectivity index (χ1) is 8.72. The molecule has 5 heteroatoms. The summed E-state index contributed by atoms with van der Waals surface area (Å²) >= 11 is 0. The average Bonchev–Trinajstić information content (AvgIpc) is 2.42. The maximum Gasteiger partial charge on any atom is 0.269 e. The van der Waals surface area contributed by atoms with Gasteiger partial charge in [0.2, 0.25) is 0 Å². The van der Waals surface area contributed by atoms with Crippen molar-refractivity contribution in [3.8, 4) is 5.75 Å². The van der Waals surface area contributed by atoms with Gasteiger partial charge in [0, 0.05) is 13.1 Å².